The zero-order valence-electron chi connectivity index (χ0n) is 18.5. The highest BCUT2D eigenvalue weighted by Crippen LogP contribution is 2.25. The van der Waals surface area contributed by atoms with Crippen LogP contribution < -0.4 is 10.1 Å². The number of aryl methyl sites for hydroxylation is 2. The van der Waals surface area contributed by atoms with Crippen LogP contribution in [-0.2, 0) is 37.8 Å². The fourth-order valence-corrected chi connectivity index (χ4v) is 4.15. The molecule has 0 saturated heterocycles. The standard InChI is InChI=1S/C25H30N4O2/c1-18-22(15-26-28(18)2)17-29-13-12-19-8-10-23(14-21(19)16-29)27-25(30)11-9-20-6-4-5-7-24(20)31-3/h4-8,10,14-15H,9,11-13,16-17H2,1-3H3,(H,27,30). The number of nitrogens with zero attached hydrogens (tertiary/aromatic N) is 3. The Morgan fingerprint density at radius 3 is 2.77 bits per heavy atom. The Morgan fingerprint density at radius 1 is 1.16 bits per heavy atom. The highest BCUT2D eigenvalue weighted by atomic mass is 16.5. The molecule has 0 atom stereocenters. The predicted octanol–water partition coefficient (Wildman–Crippen LogP) is 3.87. The van der Waals surface area contributed by atoms with E-state index in [1.165, 1.54) is 22.4 Å². The lowest BCUT2D eigenvalue weighted by molar-refractivity contribution is -0.116. The first-order chi connectivity index (χ1) is 15.0. The summed E-state index contributed by atoms with van der Waals surface area (Å²) in [6.45, 7) is 4.92. The Hall–Kier alpha value is -3.12. The lowest BCUT2D eigenvalue weighted by atomic mass is 9.98. The van der Waals surface area contributed by atoms with Crippen molar-refractivity contribution in [2.75, 3.05) is 19.0 Å². The Bertz CT molecular complexity index is 1070. The quantitative estimate of drug-likeness (QED) is 0.633. The van der Waals surface area contributed by atoms with Gasteiger partial charge in [-0.25, -0.2) is 0 Å². The average molecular weight is 419 g/mol. The maximum absolute atomic E-state index is 12.5. The van der Waals surface area contributed by atoms with E-state index in [1.807, 2.05) is 48.3 Å². The number of rotatable bonds is 7. The molecule has 0 saturated carbocycles. The second-order valence-electron chi connectivity index (χ2n) is 8.18. The smallest absolute Gasteiger partial charge is 0.224 e. The minimum absolute atomic E-state index is 0.0181. The average Bonchev–Trinajstić information content (AvgIpc) is 3.09. The molecule has 2 aromatic carbocycles. The van der Waals surface area contributed by atoms with Gasteiger partial charge >= 0.3 is 0 Å². The fraction of sp³-hybridized carbons (Fsp3) is 0.360. The van der Waals surface area contributed by atoms with E-state index in [9.17, 15) is 4.79 Å². The molecule has 3 aromatic rings. The summed E-state index contributed by atoms with van der Waals surface area (Å²) in [6, 6.07) is 14.1. The van der Waals surface area contributed by atoms with E-state index in [0.29, 0.717) is 12.8 Å². The Morgan fingerprint density at radius 2 is 2.00 bits per heavy atom. The second kappa shape index (κ2) is 9.35. The van der Waals surface area contributed by atoms with Crippen molar-refractivity contribution in [1.82, 2.24) is 14.7 Å². The number of carbonyl (C=O) groups is 1. The van der Waals surface area contributed by atoms with Gasteiger partial charge in [0.25, 0.3) is 0 Å². The van der Waals surface area contributed by atoms with Crippen LogP contribution in [0, 0.1) is 6.92 Å². The lowest BCUT2D eigenvalue weighted by Gasteiger charge is -2.29. The summed E-state index contributed by atoms with van der Waals surface area (Å²) in [5.41, 5.74) is 7.05. The van der Waals surface area contributed by atoms with Crippen LogP contribution in [0.15, 0.2) is 48.7 Å². The molecule has 6 heteroatoms. The topological polar surface area (TPSA) is 59.4 Å². The van der Waals surface area contributed by atoms with Crippen molar-refractivity contribution in [3.63, 3.8) is 0 Å². The van der Waals surface area contributed by atoms with E-state index < -0.39 is 0 Å². The van der Waals surface area contributed by atoms with Gasteiger partial charge in [0, 0.05) is 50.0 Å². The van der Waals surface area contributed by atoms with Crippen molar-refractivity contribution in [3.05, 3.63) is 76.6 Å². The third-order valence-corrected chi connectivity index (χ3v) is 6.13. The molecule has 31 heavy (non-hydrogen) atoms. The SMILES string of the molecule is COc1ccccc1CCC(=O)Nc1ccc2c(c1)CN(Cc1cnn(C)c1C)CC2. The zero-order valence-corrected chi connectivity index (χ0v) is 18.5. The number of carbonyl (C=O) groups excluding carboxylic acids is 1. The van der Waals surface area contributed by atoms with Gasteiger partial charge in [0.15, 0.2) is 0 Å². The molecule has 1 N–H and O–H groups in total. The molecule has 1 amide bonds. The largest absolute Gasteiger partial charge is 0.496 e. The van der Waals surface area contributed by atoms with Crippen LogP contribution in [0.3, 0.4) is 0 Å². The van der Waals surface area contributed by atoms with Crippen molar-refractivity contribution in [2.45, 2.75) is 39.3 Å². The minimum Gasteiger partial charge on any atom is -0.496 e. The van der Waals surface area contributed by atoms with Crippen molar-refractivity contribution < 1.29 is 9.53 Å². The molecular weight excluding hydrogens is 388 g/mol. The van der Waals surface area contributed by atoms with E-state index >= 15 is 0 Å². The number of ether oxygens (including phenoxy) is 1. The maximum Gasteiger partial charge on any atom is 0.224 e. The van der Waals surface area contributed by atoms with E-state index in [0.717, 1.165) is 43.1 Å². The van der Waals surface area contributed by atoms with Crippen LogP contribution in [0.4, 0.5) is 5.69 Å². The first-order valence-corrected chi connectivity index (χ1v) is 10.8. The van der Waals surface area contributed by atoms with Gasteiger partial charge in [0.1, 0.15) is 5.75 Å². The number of amides is 1. The van der Waals surface area contributed by atoms with Crippen molar-refractivity contribution in [3.8, 4) is 5.75 Å². The Kier molecular flexibility index (Phi) is 6.37. The molecule has 0 radical (unpaired) electrons. The van der Waals surface area contributed by atoms with Crippen LogP contribution in [0.2, 0.25) is 0 Å². The Balaban J connectivity index is 1.36. The molecule has 0 fully saturated rings. The monoisotopic (exact) mass is 418 g/mol. The molecule has 0 unspecified atom stereocenters. The summed E-state index contributed by atoms with van der Waals surface area (Å²) in [5.74, 6) is 0.845. The molecule has 4 rings (SSSR count). The summed E-state index contributed by atoms with van der Waals surface area (Å²) in [6.07, 6.45) is 4.06. The fourth-order valence-electron chi connectivity index (χ4n) is 4.15. The molecule has 0 aliphatic carbocycles. The number of hydrogen-bond acceptors (Lipinski definition) is 4. The molecular formula is C25H30N4O2. The number of para-hydroxylation sites is 1. The van der Waals surface area contributed by atoms with Gasteiger partial charge in [-0.2, -0.15) is 5.10 Å². The van der Waals surface area contributed by atoms with Crippen LogP contribution in [0.1, 0.15) is 34.4 Å². The first-order valence-electron chi connectivity index (χ1n) is 10.8. The first kappa shape index (κ1) is 21.1. The van der Waals surface area contributed by atoms with Crippen LogP contribution in [0.25, 0.3) is 0 Å². The third kappa shape index (κ3) is 4.97. The van der Waals surface area contributed by atoms with E-state index in [2.05, 4.69) is 34.4 Å². The number of fused-ring (bicyclic) bond motifs is 1. The summed E-state index contributed by atoms with van der Waals surface area (Å²) < 4.78 is 7.30. The van der Waals surface area contributed by atoms with Gasteiger partial charge in [-0.1, -0.05) is 24.3 Å². The van der Waals surface area contributed by atoms with Gasteiger partial charge in [-0.15, -0.1) is 0 Å². The number of aromatic nitrogens is 2. The van der Waals surface area contributed by atoms with Gasteiger partial charge < -0.3 is 10.1 Å². The number of nitrogens with one attached hydrogen (secondary N) is 1. The highest BCUT2D eigenvalue weighted by Gasteiger charge is 2.18. The van der Waals surface area contributed by atoms with Gasteiger partial charge in [-0.05, 0) is 54.7 Å². The Labute approximate surface area is 183 Å². The maximum atomic E-state index is 12.5. The molecule has 0 spiro atoms. The summed E-state index contributed by atoms with van der Waals surface area (Å²) >= 11 is 0. The van der Waals surface area contributed by atoms with E-state index in [4.69, 9.17) is 4.74 Å². The molecule has 162 valence electrons. The summed E-state index contributed by atoms with van der Waals surface area (Å²) in [4.78, 5) is 15.0. The van der Waals surface area contributed by atoms with Gasteiger partial charge in [0.2, 0.25) is 5.91 Å². The minimum atomic E-state index is 0.0181. The second-order valence-corrected chi connectivity index (χ2v) is 8.18. The van der Waals surface area contributed by atoms with Crippen LogP contribution >= 0.6 is 0 Å². The van der Waals surface area contributed by atoms with Crippen LogP contribution in [0.5, 0.6) is 5.75 Å². The van der Waals surface area contributed by atoms with Gasteiger partial charge in [0.05, 0.1) is 13.3 Å². The number of methoxy groups -OCH3 is 1. The van der Waals surface area contributed by atoms with Crippen molar-refractivity contribution in [1.29, 1.82) is 0 Å². The van der Waals surface area contributed by atoms with Crippen LogP contribution in [-0.4, -0.2) is 34.2 Å². The van der Waals surface area contributed by atoms with E-state index in [-0.39, 0.29) is 5.91 Å². The van der Waals surface area contributed by atoms with Crippen molar-refractivity contribution >= 4 is 11.6 Å². The summed E-state index contributed by atoms with van der Waals surface area (Å²) in [7, 11) is 3.64. The normalized spacial score (nSPS) is 13.6. The van der Waals surface area contributed by atoms with Gasteiger partial charge in [-0.3, -0.25) is 14.4 Å². The number of benzene rings is 2. The molecule has 1 aliphatic heterocycles. The molecule has 1 aliphatic rings. The summed E-state index contributed by atoms with van der Waals surface area (Å²) in [5, 5.41) is 7.42. The van der Waals surface area contributed by atoms with Crippen molar-refractivity contribution in [2.24, 2.45) is 7.05 Å². The number of hydrogen-bond donors (Lipinski definition) is 1. The zero-order chi connectivity index (χ0) is 21.8. The third-order valence-electron chi connectivity index (χ3n) is 6.13. The molecule has 2 heterocycles. The van der Waals surface area contributed by atoms with E-state index in [1.54, 1.807) is 7.11 Å². The lowest BCUT2D eigenvalue weighted by Crippen LogP contribution is -2.30. The molecule has 6 nitrogen and oxygen atoms in total. The highest BCUT2D eigenvalue weighted by molar-refractivity contribution is 5.91. The molecule has 0 bridgehead atoms. The predicted molar refractivity (Wildman–Crippen MR) is 122 cm³/mol. The number of anilines is 1. The molecule has 1 aromatic heterocycles.